The highest BCUT2D eigenvalue weighted by Gasteiger charge is 2.50. The minimum absolute atomic E-state index is 0.0906. The number of halogens is 5. The van der Waals surface area contributed by atoms with Crippen molar-refractivity contribution < 1.29 is 39.9 Å². The van der Waals surface area contributed by atoms with Crippen molar-refractivity contribution in [3.05, 3.63) is 11.3 Å². The second kappa shape index (κ2) is 6.31. The van der Waals surface area contributed by atoms with Crippen LogP contribution in [0.15, 0.2) is 5.16 Å². The molecule has 2 aliphatic rings. The molecule has 3 rings (SSSR count). The van der Waals surface area contributed by atoms with Crippen molar-refractivity contribution in [2.75, 3.05) is 0 Å². The van der Waals surface area contributed by atoms with Crippen molar-refractivity contribution in [3.8, 4) is 5.88 Å². The van der Waals surface area contributed by atoms with Gasteiger partial charge in [0.05, 0.1) is 11.3 Å². The topological polar surface area (TPSA) is 82.8 Å². The first-order valence-corrected chi connectivity index (χ1v) is 9.54. The Morgan fingerprint density at radius 3 is 2.52 bits per heavy atom. The number of alkyl halides is 5. The van der Waals surface area contributed by atoms with Gasteiger partial charge in [-0.2, -0.15) is 27.1 Å². The van der Waals surface area contributed by atoms with Gasteiger partial charge in [-0.05, 0) is 19.8 Å². The zero-order valence-electron chi connectivity index (χ0n) is 14.3. The molecule has 7 nitrogen and oxygen atoms in total. The van der Waals surface area contributed by atoms with Crippen LogP contribution >= 0.6 is 0 Å². The van der Waals surface area contributed by atoms with E-state index in [-0.39, 0.29) is 12.3 Å². The lowest BCUT2D eigenvalue weighted by Gasteiger charge is -2.20. The lowest BCUT2D eigenvalue weighted by Crippen LogP contribution is -2.29. The van der Waals surface area contributed by atoms with Crippen LogP contribution in [0.2, 0.25) is 0 Å². The minimum atomic E-state index is -5.05. The highest BCUT2D eigenvalue weighted by Crippen LogP contribution is 2.47. The molecule has 1 saturated carbocycles. The summed E-state index contributed by atoms with van der Waals surface area (Å²) in [6, 6.07) is 0. The number of aryl methyl sites for hydroxylation is 1. The van der Waals surface area contributed by atoms with Crippen molar-refractivity contribution in [2.24, 2.45) is 18.1 Å². The smallest absolute Gasteiger partial charge is 0.417 e. The highest BCUT2D eigenvalue weighted by molar-refractivity contribution is 8.05. The van der Waals surface area contributed by atoms with Crippen LogP contribution in [-0.2, 0) is 33.7 Å². The summed E-state index contributed by atoms with van der Waals surface area (Å²) in [7, 11) is -3.42. The molecule has 1 aromatic heterocycles. The van der Waals surface area contributed by atoms with Crippen LogP contribution in [0.25, 0.3) is 0 Å². The van der Waals surface area contributed by atoms with Gasteiger partial charge in [-0.25, -0.2) is 13.1 Å². The van der Waals surface area contributed by atoms with Gasteiger partial charge in [0.15, 0.2) is 20.6 Å². The van der Waals surface area contributed by atoms with Crippen LogP contribution in [0.4, 0.5) is 22.0 Å². The van der Waals surface area contributed by atoms with Gasteiger partial charge < -0.3 is 9.57 Å². The lowest BCUT2D eigenvalue weighted by molar-refractivity contribution is -0.142. The third kappa shape index (κ3) is 3.87. The van der Waals surface area contributed by atoms with E-state index in [1.54, 1.807) is 6.92 Å². The minimum Gasteiger partial charge on any atom is -0.417 e. The molecule has 0 radical (unpaired) electrons. The number of aromatic nitrogens is 2. The van der Waals surface area contributed by atoms with Gasteiger partial charge in [-0.15, -0.1) is 0 Å². The Labute approximate surface area is 151 Å². The zero-order valence-corrected chi connectivity index (χ0v) is 15.1. The van der Waals surface area contributed by atoms with E-state index in [1.807, 2.05) is 0 Å². The Bertz CT molecular complexity index is 876. The summed E-state index contributed by atoms with van der Waals surface area (Å²) in [5.41, 5.74) is -3.42. The van der Waals surface area contributed by atoms with E-state index in [2.05, 4.69) is 15.0 Å². The fourth-order valence-electron chi connectivity index (χ4n) is 3.01. The Kier molecular flexibility index (Phi) is 4.64. The van der Waals surface area contributed by atoms with Gasteiger partial charge in [0.25, 0.3) is 0 Å². The molecular weight excluding hydrogens is 401 g/mol. The van der Waals surface area contributed by atoms with E-state index in [0.717, 1.165) is 19.9 Å². The molecule has 1 unspecified atom stereocenters. The maximum Gasteiger partial charge on any atom is 0.435 e. The van der Waals surface area contributed by atoms with E-state index in [4.69, 9.17) is 4.84 Å². The summed E-state index contributed by atoms with van der Waals surface area (Å²) in [5, 5.41) is 6.23. The van der Waals surface area contributed by atoms with Crippen LogP contribution in [-0.4, -0.2) is 35.5 Å². The van der Waals surface area contributed by atoms with Crippen LogP contribution in [0.3, 0.4) is 0 Å². The summed E-state index contributed by atoms with van der Waals surface area (Å²) < 4.78 is 94.5. The fraction of sp³-hybridized carbons (Fsp3) is 0.714. The summed E-state index contributed by atoms with van der Waals surface area (Å²) in [6.07, 6.45) is -3.46. The van der Waals surface area contributed by atoms with Crippen molar-refractivity contribution >= 4 is 14.9 Å². The van der Waals surface area contributed by atoms with Gasteiger partial charge in [-0.3, -0.25) is 0 Å². The van der Waals surface area contributed by atoms with Crippen molar-refractivity contribution in [1.29, 1.82) is 0 Å². The summed E-state index contributed by atoms with van der Waals surface area (Å²) >= 11 is 0. The van der Waals surface area contributed by atoms with E-state index < -0.39 is 56.2 Å². The van der Waals surface area contributed by atoms with Gasteiger partial charge in [0, 0.05) is 19.4 Å². The first-order chi connectivity index (χ1) is 12.3. The van der Waals surface area contributed by atoms with Gasteiger partial charge in [0.2, 0.25) is 5.88 Å². The second-order valence-corrected chi connectivity index (χ2v) is 8.72. The number of ether oxygens (including phenoxy) is 1. The first-order valence-electron chi connectivity index (χ1n) is 7.89. The molecule has 0 aromatic carbocycles. The molecule has 1 aliphatic heterocycles. The van der Waals surface area contributed by atoms with E-state index in [0.29, 0.717) is 4.68 Å². The standard InChI is InChI=1S/C14H16F5N3O4S/c1-13(7-3-4-7)5-9(21-26-13)27(23,24)6-8-10(14(17,18)19)20-22(2)11(8)25-12(15)16/h7,12H,3-6H2,1-2H3. The molecule has 2 heterocycles. The summed E-state index contributed by atoms with van der Waals surface area (Å²) in [4.78, 5) is 5.21. The van der Waals surface area contributed by atoms with E-state index in [1.165, 1.54) is 0 Å². The molecule has 13 heteroatoms. The molecule has 0 spiro atoms. The molecule has 27 heavy (non-hydrogen) atoms. The number of hydrogen-bond donors (Lipinski definition) is 0. The van der Waals surface area contributed by atoms with Gasteiger partial charge >= 0.3 is 12.8 Å². The Morgan fingerprint density at radius 1 is 1.37 bits per heavy atom. The molecule has 0 N–H and O–H groups in total. The summed E-state index contributed by atoms with van der Waals surface area (Å²) in [5.74, 6) is -2.08. The van der Waals surface area contributed by atoms with Crippen LogP contribution in [0, 0.1) is 5.92 Å². The average molecular weight is 417 g/mol. The number of oxime groups is 1. The molecule has 0 bridgehead atoms. The van der Waals surface area contributed by atoms with Crippen LogP contribution < -0.4 is 4.74 Å². The number of hydrogen-bond acceptors (Lipinski definition) is 6. The zero-order chi connectivity index (χ0) is 20.2. The maximum atomic E-state index is 13.2. The molecule has 152 valence electrons. The predicted octanol–water partition coefficient (Wildman–Crippen LogP) is 2.86. The highest BCUT2D eigenvalue weighted by atomic mass is 32.2. The Balaban J connectivity index is 1.94. The quantitative estimate of drug-likeness (QED) is 0.688. The van der Waals surface area contributed by atoms with E-state index >= 15 is 0 Å². The molecule has 1 fully saturated rings. The van der Waals surface area contributed by atoms with Crippen molar-refractivity contribution in [1.82, 2.24) is 9.78 Å². The van der Waals surface area contributed by atoms with Crippen molar-refractivity contribution in [3.63, 3.8) is 0 Å². The third-order valence-electron chi connectivity index (χ3n) is 4.55. The van der Waals surface area contributed by atoms with Gasteiger partial charge in [-0.1, -0.05) is 5.16 Å². The van der Waals surface area contributed by atoms with Crippen molar-refractivity contribution in [2.45, 2.75) is 50.3 Å². The summed E-state index contributed by atoms with van der Waals surface area (Å²) in [6.45, 7) is -1.78. The molecule has 1 aromatic rings. The Morgan fingerprint density at radius 2 is 2.00 bits per heavy atom. The van der Waals surface area contributed by atoms with Gasteiger partial charge in [0.1, 0.15) is 5.60 Å². The first kappa shape index (κ1) is 19.8. The van der Waals surface area contributed by atoms with Crippen LogP contribution in [0.5, 0.6) is 5.88 Å². The second-order valence-electron chi connectivity index (χ2n) is 6.73. The molecule has 1 atom stereocenters. The molecular formula is C14H16F5N3O4S. The number of sulfone groups is 1. The maximum absolute atomic E-state index is 13.2. The molecule has 0 saturated heterocycles. The predicted molar refractivity (Wildman–Crippen MR) is 81.7 cm³/mol. The van der Waals surface area contributed by atoms with Crippen LogP contribution in [0.1, 0.15) is 37.4 Å². The fourth-order valence-corrected chi connectivity index (χ4v) is 4.48. The lowest BCUT2D eigenvalue weighted by atomic mass is 9.98. The molecule has 0 amide bonds. The largest absolute Gasteiger partial charge is 0.435 e. The third-order valence-corrected chi connectivity index (χ3v) is 6.16. The monoisotopic (exact) mass is 417 g/mol. The number of nitrogens with zero attached hydrogens (tertiary/aromatic N) is 3. The molecule has 1 aliphatic carbocycles. The Hall–Kier alpha value is -1.92. The normalized spacial score (nSPS) is 23.5. The van der Waals surface area contributed by atoms with E-state index in [9.17, 15) is 30.4 Å². The SMILES string of the molecule is Cn1nc(C(F)(F)F)c(CS(=O)(=O)C2=NOC(C)(C3CC3)C2)c1OC(F)F. The number of rotatable bonds is 5. The average Bonchev–Trinajstić information content (AvgIpc) is 3.24.